The molecule has 134 valence electrons. The van der Waals surface area contributed by atoms with E-state index < -0.39 is 0 Å². The molecule has 1 N–H and O–H groups in total. The highest BCUT2D eigenvalue weighted by molar-refractivity contribution is 5.87. The Morgan fingerprint density at radius 2 is 2.04 bits per heavy atom. The standard InChI is InChI=1S/C18H25N5O2/c1-11(2)25-18(24)23-8-12-6-14(7-13(12)9-23)22(3)17-15-4-5-19-16(15)20-10-21-17/h4-5,10-14H,6-9H2,1-3H3,(H,19,20,21)/t12-,13?,14?/m1/s1. The molecule has 0 radical (unpaired) electrons. The molecule has 3 heterocycles. The van der Waals surface area contributed by atoms with Crippen molar-refractivity contribution in [3.63, 3.8) is 0 Å². The Morgan fingerprint density at radius 3 is 2.72 bits per heavy atom. The number of carbonyl (C=O) groups excluding carboxylic acids is 1. The Morgan fingerprint density at radius 1 is 1.32 bits per heavy atom. The maximum Gasteiger partial charge on any atom is 0.410 e. The lowest BCUT2D eigenvalue weighted by Crippen LogP contribution is -2.35. The van der Waals surface area contributed by atoms with E-state index in [1.807, 2.05) is 31.0 Å². The van der Waals surface area contributed by atoms with Crippen LogP contribution in [0.1, 0.15) is 26.7 Å². The molecule has 7 heteroatoms. The number of carbonyl (C=O) groups is 1. The number of hydrogen-bond acceptors (Lipinski definition) is 5. The van der Waals surface area contributed by atoms with Crippen molar-refractivity contribution in [1.82, 2.24) is 19.9 Å². The Kier molecular flexibility index (Phi) is 4.01. The summed E-state index contributed by atoms with van der Waals surface area (Å²) in [5.41, 5.74) is 0.873. The van der Waals surface area contributed by atoms with Gasteiger partial charge in [0.15, 0.2) is 0 Å². The topological polar surface area (TPSA) is 74.3 Å². The van der Waals surface area contributed by atoms with Gasteiger partial charge in [0.05, 0.1) is 11.5 Å². The number of fused-ring (bicyclic) bond motifs is 2. The molecule has 1 saturated carbocycles. The van der Waals surface area contributed by atoms with Crippen LogP contribution in [0.25, 0.3) is 11.0 Å². The van der Waals surface area contributed by atoms with Crippen LogP contribution >= 0.6 is 0 Å². The first-order valence-electron chi connectivity index (χ1n) is 8.99. The van der Waals surface area contributed by atoms with Crippen molar-refractivity contribution < 1.29 is 9.53 Å². The second kappa shape index (κ2) is 6.20. The minimum Gasteiger partial charge on any atom is -0.447 e. The first-order chi connectivity index (χ1) is 12.0. The third-order valence-electron chi connectivity index (χ3n) is 5.54. The van der Waals surface area contributed by atoms with E-state index in [1.54, 1.807) is 6.33 Å². The van der Waals surface area contributed by atoms with E-state index in [1.165, 1.54) is 0 Å². The minimum atomic E-state index is -0.167. The van der Waals surface area contributed by atoms with E-state index in [9.17, 15) is 4.79 Å². The number of likely N-dealkylation sites (tertiary alicyclic amines) is 1. The molecule has 0 spiro atoms. The predicted molar refractivity (Wildman–Crippen MR) is 95.5 cm³/mol. The van der Waals surface area contributed by atoms with Gasteiger partial charge >= 0.3 is 6.09 Å². The summed E-state index contributed by atoms with van der Waals surface area (Å²) >= 11 is 0. The highest BCUT2D eigenvalue weighted by atomic mass is 16.6. The first kappa shape index (κ1) is 16.2. The molecule has 1 amide bonds. The van der Waals surface area contributed by atoms with Gasteiger partial charge in [-0.3, -0.25) is 0 Å². The molecule has 2 fully saturated rings. The number of aromatic amines is 1. The Balaban J connectivity index is 1.43. The second-order valence-corrected chi connectivity index (χ2v) is 7.53. The van der Waals surface area contributed by atoms with Crippen molar-refractivity contribution in [3.8, 4) is 0 Å². The maximum atomic E-state index is 12.1. The van der Waals surface area contributed by atoms with Crippen molar-refractivity contribution in [2.75, 3.05) is 25.0 Å². The fourth-order valence-corrected chi connectivity index (χ4v) is 4.32. The van der Waals surface area contributed by atoms with E-state index in [2.05, 4.69) is 26.9 Å². The molecule has 7 nitrogen and oxygen atoms in total. The first-order valence-corrected chi connectivity index (χ1v) is 8.99. The molecule has 3 atom stereocenters. The van der Waals surface area contributed by atoms with Crippen molar-refractivity contribution in [3.05, 3.63) is 18.6 Å². The molecule has 1 aliphatic carbocycles. The monoisotopic (exact) mass is 343 g/mol. The van der Waals surface area contributed by atoms with Crippen LogP contribution in [0.2, 0.25) is 0 Å². The SMILES string of the molecule is CC(C)OC(=O)N1CC2CC(N(C)c3ncnc4[nH]ccc34)C[C@@H]2C1. The molecule has 2 unspecified atom stereocenters. The Labute approximate surface area is 147 Å². The van der Waals surface area contributed by atoms with Gasteiger partial charge < -0.3 is 19.5 Å². The number of nitrogens with zero attached hydrogens (tertiary/aromatic N) is 4. The summed E-state index contributed by atoms with van der Waals surface area (Å²) in [6.45, 7) is 5.40. The van der Waals surface area contributed by atoms with Crippen LogP contribution in [-0.2, 0) is 4.74 Å². The van der Waals surface area contributed by atoms with Gasteiger partial charge in [-0.15, -0.1) is 0 Å². The van der Waals surface area contributed by atoms with E-state index in [-0.39, 0.29) is 12.2 Å². The molecule has 0 bridgehead atoms. The van der Waals surface area contributed by atoms with Crippen molar-refractivity contribution >= 4 is 22.9 Å². The number of anilines is 1. The Hall–Kier alpha value is -2.31. The van der Waals surface area contributed by atoms with Crippen LogP contribution in [0.4, 0.5) is 10.6 Å². The quantitative estimate of drug-likeness (QED) is 0.927. The highest BCUT2D eigenvalue weighted by Gasteiger charge is 2.44. The number of hydrogen-bond donors (Lipinski definition) is 1. The van der Waals surface area contributed by atoms with Gasteiger partial charge in [0.1, 0.15) is 17.8 Å². The normalized spacial score (nSPS) is 25.6. The molecule has 0 aromatic carbocycles. The van der Waals surface area contributed by atoms with Crippen molar-refractivity contribution in [2.45, 2.75) is 38.8 Å². The predicted octanol–water partition coefficient (Wildman–Crippen LogP) is 2.65. The summed E-state index contributed by atoms with van der Waals surface area (Å²) in [5, 5.41) is 1.06. The lowest BCUT2D eigenvalue weighted by Gasteiger charge is -2.28. The number of H-pyrrole nitrogens is 1. The zero-order valence-electron chi connectivity index (χ0n) is 15.0. The average Bonchev–Trinajstić information content (AvgIpc) is 3.26. The lowest BCUT2D eigenvalue weighted by atomic mass is 10.0. The molecular formula is C18H25N5O2. The zero-order chi connectivity index (χ0) is 17.6. The molecule has 1 saturated heterocycles. The van der Waals surface area contributed by atoms with Crippen LogP contribution in [0.15, 0.2) is 18.6 Å². The molecular weight excluding hydrogens is 318 g/mol. The lowest BCUT2D eigenvalue weighted by molar-refractivity contribution is 0.0812. The van der Waals surface area contributed by atoms with E-state index in [0.29, 0.717) is 17.9 Å². The summed E-state index contributed by atoms with van der Waals surface area (Å²) in [6.07, 6.45) is 5.46. The molecule has 2 aromatic rings. The minimum absolute atomic E-state index is 0.0617. The van der Waals surface area contributed by atoms with Crippen LogP contribution < -0.4 is 4.90 Å². The Bertz CT molecular complexity index is 760. The van der Waals surface area contributed by atoms with Gasteiger partial charge in [0.25, 0.3) is 0 Å². The molecule has 25 heavy (non-hydrogen) atoms. The summed E-state index contributed by atoms with van der Waals surface area (Å²) in [5.74, 6) is 2.08. The highest BCUT2D eigenvalue weighted by Crippen LogP contribution is 2.41. The van der Waals surface area contributed by atoms with Gasteiger partial charge in [-0.2, -0.15) is 0 Å². The number of aromatic nitrogens is 3. The van der Waals surface area contributed by atoms with Gasteiger partial charge in [0.2, 0.25) is 0 Å². The van der Waals surface area contributed by atoms with E-state index in [0.717, 1.165) is 42.8 Å². The summed E-state index contributed by atoms with van der Waals surface area (Å²) in [6, 6.07) is 2.48. The molecule has 1 aliphatic heterocycles. The third kappa shape index (κ3) is 2.92. The summed E-state index contributed by atoms with van der Waals surface area (Å²) in [4.78, 5) is 28.2. The maximum absolute atomic E-state index is 12.1. The molecule has 2 aliphatic rings. The van der Waals surface area contributed by atoms with E-state index >= 15 is 0 Å². The number of amides is 1. The van der Waals surface area contributed by atoms with Crippen LogP contribution in [0.5, 0.6) is 0 Å². The number of rotatable bonds is 3. The molecule has 4 rings (SSSR count). The molecule has 2 aromatic heterocycles. The van der Waals surface area contributed by atoms with Gasteiger partial charge in [-0.1, -0.05) is 0 Å². The largest absolute Gasteiger partial charge is 0.447 e. The summed E-state index contributed by atoms with van der Waals surface area (Å²) < 4.78 is 5.34. The van der Waals surface area contributed by atoms with E-state index in [4.69, 9.17) is 4.74 Å². The van der Waals surface area contributed by atoms with Crippen molar-refractivity contribution in [2.24, 2.45) is 11.8 Å². The van der Waals surface area contributed by atoms with Crippen molar-refractivity contribution in [1.29, 1.82) is 0 Å². The number of nitrogens with one attached hydrogen (secondary N) is 1. The van der Waals surface area contributed by atoms with Crippen LogP contribution in [-0.4, -0.2) is 58.2 Å². The van der Waals surface area contributed by atoms with Gasteiger partial charge in [0, 0.05) is 32.4 Å². The third-order valence-corrected chi connectivity index (χ3v) is 5.54. The fraction of sp³-hybridized carbons (Fsp3) is 0.611. The average molecular weight is 343 g/mol. The van der Waals surface area contributed by atoms with Gasteiger partial charge in [-0.25, -0.2) is 14.8 Å². The fourth-order valence-electron chi connectivity index (χ4n) is 4.32. The second-order valence-electron chi connectivity index (χ2n) is 7.53. The number of ether oxygens (including phenoxy) is 1. The van der Waals surface area contributed by atoms with Crippen LogP contribution in [0, 0.1) is 11.8 Å². The smallest absolute Gasteiger partial charge is 0.410 e. The van der Waals surface area contributed by atoms with Crippen LogP contribution in [0.3, 0.4) is 0 Å². The van der Waals surface area contributed by atoms with Gasteiger partial charge in [-0.05, 0) is 44.6 Å². The summed E-state index contributed by atoms with van der Waals surface area (Å²) in [7, 11) is 2.12. The zero-order valence-corrected chi connectivity index (χ0v) is 15.0.